The summed E-state index contributed by atoms with van der Waals surface area (Å²) in [6.07, 6.45) is 1.51. The summed E-state index contributed by atoms with van der Waals surface area (Å²) in [6, 6.07) is 10.5. The number of H-pyrrole nitrogens is 1. The lowest BCUT2D eigenvalue weighted by molar-refractivity contribution is 0.0990. The van der Waals surface area contributed by atoms with E-state index in [1.54, 1.807) is 24.3 Å². The molecular formula is C15H12N4O2. The van der Waals surface area contributed by atoms with Crippen LogP contribution in [0.4, 0.5) is 5.69 Å². The molecule has 0 bridgehead atoms. The van der Waals surface area contributed by atoms with Gasteiger partial charge in [-0.1, -0.05) is 24.3 Å². The maximum absolute atomic E-state index is 11.8. The smallest absolute Gasteiger partial charge is 0.313 e. The van der Waals surface area contributed by atoms with Gasteiger partial charge in [0.05, 0.1) is 5.52 Å². The van der Waals surface area contributed by atoms with Crippen LogP contribution in [0.15, 0.2) is 52.8 Å². The van der Waals surface area contributed by atoms with E-state index in [0.29, 0.717) is 5.39 Å². The Morgan fingerprint density at radius 1 is 1.24 bits per heavy atom. The molecule has 0 aliphatic rings. The number of aromatic nitrogens is 2. The Kier molecular flexibility index (Phi) is 3.19. The van der Waals surface area contributed by atoms with E-state index in [2.05, 4.69) is 20.2 Å². The molecule has 0 spiro atoms. The molecule has 3 aromatic rings. The number of azo groups is 1. The molecule has 0 aliphatic carbocycles. The summed E-state index contributed by atoms with van der Waals surface area (Å²) in [4.78, 5) is 18.6. The van der Waals surface area contributed by atoms with Crippen LogP contribution in [0.25, 0.3) is 10.9 Å². The lowest BCUT2D eigenvalue weighted by atomic mass is 10.1. The summed E-state index contributed by atoms with van der Waals surface area (Å²) in [6.45, 7) is 1.91. The molecule has 6 nitrogen and oxygen atoms in total. The van der Waals surface area contributed by atoms with Gasteiger partial charge in [0.2, 0.25) is 5.88 Å². The Morgan fingerprint density at radius 2 is 2.10 bits per heavy atom. The molecule has 6 heteroatoms. The number of nitrogens with one attached hydrogen (secondary N) is 1. The quantitative estimate of drug-likeness (QED) is 0.704. The van der Waals surface area contributed by atoms with Crippen LogP contribution in [0, 0.1) is 6.92 Å². The van der Waals surface area contributed by atoms with Crippen LogP contribution in [0.2, 0.25) is 0 Å². The minimum absolute atomic E-state index is 0.114. The van der Waals surface area contributed by atoms with E-state index in [1.165, 1.54) is 6.20 Å². The second kappa shape index (κ2) is 5.16. The fourth-order valence-corrected chi connectivity index (χ4v) is 2.07. The Bertz CT molecular complexity index is 838. The zero-order valence-corrected chi connectivity index (χ0v) is 11.2. The third-order valence-electron chi connectivity index (χ3n) is 3.12. The van der Waals surface area contributed by atoms with Crippen molar-refractivity contribution >= 4 is 22.5 Å². The fraction of sp³-hybridized carbons (Fsp3) is 0.0667. The maximum Gasteiger partial charge on any atom is 0.313 e. The molecule has 1 aromatic carbocycles. The highest BCUT2D eigenvalue weighted by atomic mass is 16.3. The van der Waals surface area contributed by atoms with Crippen LogP contribution in [0.3, 0.4) is 0 Å². The molecule has 21 heavy (non-hydrogen) atoms. The van der Waals surface area contributed by atoms with E-state index >= 15 is 0 Å². The molecule has 0 saturated heterocycles. The van der Waals surface area contributed by atoms with Gasteiger partial charge in [-0.2, -0.15) is 0 Å². The Hall–Kier alpha value is -3.02. The van der Waals surface area contributed by atoms with E-state index in [-0.39, 0.29) is 17.3 Å². The standard InChI is InChI=1S/C15H12N4O2/c1-9-5-4-6-10-12(9)17-15(21)13(10)18-19-14(20)11-7-2-3-8-16-11/h2-8,17,21H,1H3. The van der Waals surface area contributed by atoms with Crippen molar-refractivity contribution in [3.8, 4) is 5.88 Å². The average Bonchev–Trinajstić information content (AvgIpc) is 2.83. The molecule has 2 heterocycles. The lowest BCUT2D eigenvalue weighted by Gasteiger charge is -1.94. The van der Waals surface area contributed by atoms with Gasteiger partial charge in [-0.15, -0.1) is 10.2 Å². The molecule has 0 radical (unpaired) electrons. The van der Waals surface area contributed by atoms with Crippen molar-refractivity contribution in [2.75, 3.05) is 0 Å². The second-order valence-corrected chi connectivity index (χ2v) is 4.54. The summed E-state index contributed by atoms with van der Waals surface area (Å²) in [5, 5.41) is 18.1. The normalized spacial score (nSPS) is 11.3. The van der Waals surface area contributed by atoms with Gasteiger partial charge in [0, 0.05) is 11.6 Å². The highest BCUT2D eigenvalue weighted by Gasteiger charge is 2.12. The van der Waals surface area contributed by atoms with Gasteiger partial charge in [-0.05, 0) is 24.6 Å². The first-order valence-electron chi connectivity index (χ1n) is 6.34. The van der Waals surface area contributed by atoms with Crippen molar-refractivity contribution in [3.63, 3.8) is 0 Å². The van der Waals surface area contributed by atoms with Crippen molar-refractivity contribution in [1.82, 2.24) is 9.97 Å². The molecule has 0 fully saturated rings. The molecule has 0 saturated carbocycles. The Balaban J connectivity index is 1.99. The number of carbonyl (C=O) groups excluding carboxylic acids is 1. The zero-order valence-electron chi connectivity index (χ0n) is 11.2. The zero-order chi connectivity index (χ0) is 14.8. The number of nitrogens with zero attached hydrogens (tertiary/aromatic N) is 3. The Morgan fingerprint density at radius 3 is 2.86 bits per heavy atom. The van der Waals surface area contributed by atoms with Crippen LogP contribution >= 0.6 is 0 Å². The van der Waals surface area contributed by atoms with Gasteiger partial charge in [0.1, 0.15) is 5.69 Å². The van der Waals surface area contributed by atoms with E-state index in [0.717, 1.165) is 11.1 Å². The second-order valence-electron chi connectivity index (χ2n) is 4.54. The van der Waals surface area contributed by atoms with E-state index in [9.17, 15) is 9.90 Å². The number of para-hydroxylation sites is 1. The van der Waals surface area contributed by atoms with Gasteiger partial charge in [-0.25, -0.2) is 0 Å². The molecule has 104 valence electrons. The van der Waals surface area contributed by atoms with Crippen LogP contribution < -0.4 is 0 Å². The first kappa shape index (κ1) is 13.0. The molecule has 0 unspecified atom stereocenters. The third-order valence-corrected chi connectivity index (χ3v) is 3.12. The number of aromatic amines is 1. The van der Waals surface area contributed by atoms with Crippen molar-refractivity contribution in [2.45, 2.75) is 6.92 Å². The van der Waals surface area contributed by atoms with Gasteiger partial charge >= 0.3 is 5.91 Å². The predicted molar refractivity (Wildman–Crippen MR) is 77.8 cm³/mol. The summed E-state index contributed by atoms with van der Waals surface area (Å²) in [5.41, 5.74) is 2.20. The van der Waals surface area contributed by atoms with Crippen molar-refractivity contribution in [2.24, 2.45) is 10.2 Å². The molecular weight excluding hydrogens is 268 g/mol. The molecule has 1 amide bonds. The van der Waals surface area contributed by atoms with Gasteiger partial charge in [-0.3, -0.25) is 9.78 Å². The first-order chi connectivity index (χ1) is 10.2. The molecule has 2 aromatic heterocycles. The number of pyridine rings is 1. The first-order valence-corrected chi connectivity index (χ1v) is 6.34. The number of aromatic hydroxyl groups is 1. The number of amides is 1. The lowest BCUT2D eigenvalue weighted by Crippen LogP contribution is -1.96. The highest BCUT2D eigenvalue weighted by molar-refractivity contribution is 5.97. The number of carbonyl (C=O) groups is 1. The predicted octanol–water partition coefficient (Wildman–Crippen LogP) is 3.50. The molecule has 0 aliphatic heterocycles. The van der Waals surface area contributed by atoms with Crippen molar-refractivity contribution in [1.29, 1.82) is 0 Å². The maximum atomic E-state index is 11.8. The third kappa shape index (κ3) is 2.38. The highest BCUT2D eigenvalue weighted by Crippen LogP contribution is 2.36. The minimum Gasteiger partial charge on any atom is -0.493 e. The number of rotatable bonds is 2. The summed E-state index contributed by atoms with van der Waals surface area (Å²) >= 11 is 0. The molecule has 3 rings (SSSR count). The van der Waals surface area contributed by atoms with Crippen molar-refractivity contribution in [3.05, 3.63) is 53.9 Å². The number of benzene rings is 1. The molecule has 0 atom stereocenters. The van der Waals surface area contributed by atoms with E-state index in [1.807, 2.05) is 19.1 Å². The SMILES string of the molecule is Cc1cccc2c(N=NC(=O)c3ccccn3)c(O)[nH]c12. The fourth-order valence-electron chi connectivity index (χ4n) is 2.07. The Labute approximate surface area is 120 Å². The molecule has 2 N–H and O–H groups in total. The summed E-state index contributed by atoms with van der Waals surface area (Å²) in [7, 11) is 0. The topological polar surface area (TPSA) is 90.7 Å². The number of aryl methyl sites for hydroxylation is 1. The van der Waals surface area contributed by atoms with Crippen LogP contribution in [0.5, 0.6) is 5.88 Å². The number of hydrogen-bond acceptors (Lipinski definition) is 4. The van der Waals surface area contributed by atoms with Crippen molar-refractivity contribution < 1.29 is 9.90 Å². The number of fused-ring (bicyclic) bond motifs is 1. The van der Waals surface area contributed by atoms with Gasteiger partial charge < -0.3 is 10.1 Å². The largest absolute Gasteiger partial charge is 0.493 e. The van der Waals surface area contributed by atoms with Crippen LogP contribution in [-0.4, -0.2) is 21.0 Å². The monoisotopic (exact) mass is 280 g/mol. The summed E-state index contributed by atoms with van der Waals surface area (Å²) in [5.74, 6) is -0.672. The van der Waals surface area contributed by atoms with Gasteiger partial charge in [0.15, 0.2) is 5.69 Å². The van der Waals surface area contributed by atoms with E-state index < -0.39 is 5.91 Å². The average molecular weight is 280 g/mol. The van der Waals surface area contributed by atoms with E-state index in [4.69, 9.17) is 0 Å². The summed E-state index contributed by atoms with van der Waals surface area (Å²) < 4.78 is 0. The van der Waals surface area contributed by atoms with Crippen LogP contribution in [-0.2, 0) is 0 Å². The van der Waals surface area contributed by atoms with Crippen LogP contribution in [0.1, 0.15) is 16.1 Å². The minimum atomic E-state index is -0.558. The van der Waals surface area contributed by atoms with Gasteiger partial charge in [0.25, 0.3) is 0 Å². The number of hydrogen-bond donors (Lipinski definition) is 2.